The van der Waals surface area contributed by atoms with Gasteiger partial charge < -0.3 is 41.5 Å². The van der Waals surface area contributed by atoms with Crippen molar-refractivity contribution in [3.8, 4) is 11.4 Å². The first-order valence-electron chi connectivity index (χ1n) is 27.0. The van der Waals surface area contributed by atoms with Crippen LogP contribution in [0.4, 0.5) is 23.4 Å². The molecule has 416 valence electrons. The topological polar surface area (TPSA) is 276 Å². The predicted octanol–water partition coefficient (Wildman–Crippen LogP) is 5.24. The van der Waals surface area contributed by atoms with Crippen LogP contribution in [0.1, 0.15) is 93.5 Å². The lowest BCUT2D eigenvalue weighted by Gasteiger charge is -2.39. The zero-order chi connectivity index (χ0) is 55.5. The summed E-state index contributed by atoms with van der Waals surface area (Å²) in [5.74, 6) is 0.743. The summed E-state index contributed by atoms with van der Waals surface area (Å²) in [6.07, 6.45) is 9.51. The van der Waals surface area contributed by atoms with Crippen LogP contribution in [0.15, 0.2) is 72.1 Å². The summed E-state index contributed by atoms with van der Waals surface area (Å²) in [7, 11) is -2.03. The lowest BCUT2D eigenvalue weighted by atomic mass is 9.74. The number of fused-ring (bicyclic) bond motifs is 1. The van der Waals surface area contributed by atoms with Gasteiger partial charge in [-0.2, -0.15) is 10.2 Å². The number of hydrogen-bond acceptors (Lipinski definition) is 17. The third kappa shape index (κ3) is 12.0. The van der Waals surface area contributed by atoms with Gasteiger partial charge in [-0.25, -0.2) is 33.0 Å². The molecule has 0 bridgehead atoms. The maximum absolute atomic E-state index is 15.0. The number of para-hydroxylation sites is 1. The summed E-state index contributed by atoms with van der Waals surface area (Å²) in [4.78, 5) is 67.5. The average molecular weight is 1090 g/mol. The number of aromatic nitrogens is 8. The minimum absolute atomic E-state index is 0.0551. The van der Waals surface area contributed by atoms with E-state index in [0.29, 0.717) is 72.7 Å². The largest absolute Gasteiger partial charge is 0.491 e. The molecule has 4 aromatic heterocycles. The van der Waals surface area contributed by atoms with Crippen molar-refractivity contribution in [3.05, 3.63) is 89.8 Å². The van der Waals surface area contributed by atoms with Gasteiger partial charge in [0.2, 0.25) is 17.8 Å². The van der Waals surface area contributed by atoms with Crippen LogP contribution in [0.2, 0.25) is 0 Å². The molecule has 1 aliphatic carbocycles. The van der Waals surface area contributed by atoms with Gasteiger partial charge in [-0.3, -0.25) is 24.4 Å². The number of anilines is 4. The minimum Gasteiger partial charge on any atom is -0.491 e. The van der Waals surface area contributed by atoms with E-state index in [4.69, 9.17) is 10.5 Å². The molecule has 22 nitrogen and oxygen atoms in total. The molecule has 3 aliphatic rings. The first kappa shape index (κ1) is 55.7. The molecule has 2 aromatic carbocycles. The highest BCUT2D eigenvalue weighted by Gasteiger charge is 2.46. The first-order valence-corrected chi connectivity index (χ1v) is 28.5. The number of rotatable bonds is 18. The van der Waals surface area contributed by atoms with Crippen molar-refractivity contribution < 1.29 is 27.5 Å². The number of H-pyrrole nitrogens is 1. The maximum atomic E-state index is 15.0. The Morgan fingerprint density at radius 3 is 2.31 bits per heavy atom. The van der Waals surface area contributed by atoms with Crippen molar-refractivity contribution in [3.63, 3.8) is 0 Å². The minimum atomic E-state index is -3.87. The molecule has 5 atom stereocenters. The Morgan fingerprint density at radius 1 is 0.923 bits per heavy atom. The van der Waals surface area contributed by atoms with Crippen LogP contribution >= 0.6 is 0 Å². The van der Waals surface area contributed by atoms with E-state index in [9.17, 15) is 18.0 Å². The summed E-state index contributed by atoms with van der Waals surface area (Å²) in [5.41, 5.74) is 11.0. The van der Waals surface area contributed by atoms with Crippen LogP contribution in [0.5, 0.6) is 5.75 Å². The molecule has 6 aromatic rings. The second-order valence-corrected chi connectivity index (χ2v) is 24.6. The first-order chi connectivity index (χ1) is 37.3. The quantitative estimate of drug-likeness (QED) is 0.0642. The SMILES string of the molecule is CN[C@@H](C)C(N)[C@@H](C(=O)N1C[C@@H](NC(=O)c2cnc(N3CCN(CCOc4cc5ncnc(Nc6n[nH]c(C)c6C)c5cc4S(=O)(=O)C(C)(C)C)CC3)nc2)C[C@H]1C(=O)Nc1cc(C)nn1-c1ccccc1)C1CCCCC1. The van der Waals surface area contributed by atoms with Crippen LogP contribution in [0, 0.1) is 32.6 Å². The number of amides is 3. The van der Waals surface area contributed by atoms with Crippen LogP contribution in [-0.2, 0) is 19.4 Å². The number of piperazine rings is 1. The Labute approximate surface area is 456 Å². The molecular weight excluding hydrogens is 1010 g/mol. The summed E-state index contributed by atoms with van der Waals surface area (Å²) < 4.78 is 35.0. The highest BCUT2D eigenvalue weighted by Crippen LogP contribution is 2.38. The molecule has 2 saturated heterocycles. The Balaban J connectivity index is 0.840. The summed E-state index contributed by atoms with van der Waals surface area (Å²) >= 11 is 0. The zero-order valence-corrected chi connectivity index (χ0v) is 46.7. The Hall–Kier alpha value is -7.08. The number of carbonyl (C=O) groups is 3. The molecule has 23 heteroatoms. The van der Waals surface area contributed by atoms with Gasteiger partial charge in [-0.15, -0.1) is 0 Å². The number of likely N-dealkylation sites (N-methyl/N-ethyl adjacent to an activating group) is 1. The lowest BCUT2D eigenvalue weighted by Crippen LogP contribution is -2.56. The van der Waals surface area contributed by atoms with Crippen molar-refractivity contribution in [2.24, 2.45) is 17.6 Å². The number of benzene rings is 2. The van der Waals surface area contributed by atoms with E-state index in [2.05, 4.69) is 61.4 Å². The number of nitrogens with zero attached hydrogens (tertiary/aromatic N) is 10. The van der Waals surface area contributed by atoms with Crippen molar-refractivity contribution in [2.75, 3.05) is 68.5 Å². The Morgan fingerprint density at radius 2 is 1.64 bits per heavy atom. The van der Waals surface area contributed by atoms with Crippen LogP contribution < -0.4 is 36.6 Å². The number of carbonyl (C=O) groups excluding carboxylic acids is 3. The molecule has 6 heterocycles. The Kier molecular flexibility index (Phi) is 16.8. The van der Waals surface area contributed by atoms with E-state index in [0.717, 1.165) is 49.0 Å². The van der Waals surface area contributed by atoms with Gasteiger partial charge in [0.15, 0.2) is 15.7 Å². The second-order valence-electron chi connectivity index (χ2n) is 21.9. The molecule has 7 N–H and O–H groups in total. The van der Waals surface area contributed by atoms with Gasteiger partial charge in [0.1, 0.15) is 41.3 Å². The summed E-state index contributed by atoms with van der Waals surface area (Å²) in [5, 5.41) is 25.1. The third-order valence-electron chi connectivity index (χ3n) is 15.7. The van der Waals surface area contributed by atoms with Gasteiger partial charge in [0.25, 0.3) is 5.91 Å². The fourth-order valence-electron chi connectivity index (χ4n) is 10.7. The zero-order valence-electron chi connectivity index (χ0n) is 45.9. The standard InChI is InChI=1S/C55H74N16O6S/c1-33-25-46(71(67-33)40-17-13-10-14-18-40)63-52(73)43-26-39(31-70(43)53(74)47(48(56)36(4)57-8)37-15-11-9-12-16-37)62-51(72)38-29-58-54(59-30-38)69-21-19-68(20-22-69)23-24-77-44-28-42-41(27-45(44)78(75,76)55(5,6)7)50(61-32-60-42)64-49-34(2)35(3)65-66-49/h10,13-14,17-18,25,27-30,32,36-37,39,43,47-48,57H,9,11-12,15-16,19-24,26,31,56H2,1-8H3,(H,62,72)(H,63,73)(H2,60,61,64,65,66)/t36-,39-,43-,47-,48?/m0/s1. The monoisotopic (exact) mass is 1090 g/mol. The van der Waals surface area contributed by atoms with Crippen LogP contribution in [0.25, 0.3) is 16.6 Å². The van der Waals surface area contributed by atoms with Crippen molar-refractivity contribution in [1.29, 1.82) is 0 Å². The second kappa shape index (κ2) is 23.5. The number of hydrogen-bond donors (Lipinski definition) is 6. The van der Waals surface area contributed by atoms with E-state index in [1.54, 1.807) is 48.6 Å². The lowest BCUT2D eigenvalue weighted by molar-refractivity contribution is -0.143. The van der Waals surface area contributed by atoms with E-state index in [1.165, 1.54) is 18.7 Å². The third-order valence-corrected chi connectivity index (χ3v) is 18.2. The molecule has 1 saturated carbocycles. The number of sulfone groups is 1. The van der Waals surface area contributed by atoms with Gasteiger partial charge in [0, 0.05) is 98.6 Å². The number of nitrogens with two attached hydrogens (primary N) is 1. The van der Waals surface area contributed by atoms with E-state index in [-0.39, 0.29) is 59.6 Å². The number of ether oxygens (including phenoxy) is 1. The molecule has 1 unspecified atom stereocenters. The normalized spacial score (nSPS) is 18.9. The number of nitrogens with one attached hydrogen (secondary N) is 5. The Bertz CT molecular complexity index is 3200. The molecule has 78 heavy (non-hydrogen) atoms. The van der Waals surface area contributed by atoms with E-state index in [1.807, 2.05) is 70.0 Å². The van der Waals surface area contributed by atoms with Gasteiger partial charge in [0.05, 0.1) is 33.1 Å². The molecule has 0 spiro atoms. The van der Waals surface area contributed by atoms with Crippen LogP contribution in [0.3, 0.4) is 0 Å². The van der Waals surface area contributed by atoms with Crippen LogP contribution in [-0.4, -0.2) is 158 Å². The number of aromatic amines is 1. The molecule has 3 fully saturated rings. The molecule has 2 aliphatic heterocycles. The van der Waals surface area contributed by atoms with Crippen molar-refractivity contribution in [1.82, 2.24) is 60.3 Å². The fraction of sp³-hybridized carbons (Fsp3) is 0.509. The molecule has 0 radical (unpaired) electrons. The summed E-state index contributed by atoms with van der Waals surface area (Å²) in [6, 6.07) is 12.4. The molecule has 9 rings (SSSR count). The van der Waals surface area contributed by atoms with E-state index < -0.39 is 44.5 Å². The average Bonchev–Trinajstić information content (AvgIpc) is 4.24. The molecule has 3 amide bonds. The van der Waals surface area contributed by atoms with E-state index >= 15 is 4.79 Å². The summed E-state index contributed by atoms with van der Waals surface area (Å²) in [6.45, 7) is 16.1. The van der Waals surface area contributed by atoms with Gasteiger partial charge >= 0.3 is 0 Å². The highest BCUT2D eigenvalue weighted by molar-refractivity contribution is 7.92. The predicted molar refractivity (Wildman–Crippen MR) is 299 cm³/mol. The van der Waals surface area contributed by atoms with Crippen molar-refractivity contribution in [2.45, 2.75) is 121 Å². The number of aryl methyl sites for hydroxylation is 2. The molecular formula is C55H74N16O6S. The number of likely N-dealkylation sites (tertiary alicyclic amines) is 1. The van der Waals surface area contributed by atoms with Gasteiger partial charge in [-0.05, 0) is 98.9 Å². The highest BCUT2D eigenvalue weighted by atomic mass is 32.2. The van der Waals surface area contributed by atoms with Crippen molar-refractivity contribution >= 4 is 61.9 Å². The fourth-order valence-corrected chi connectivity index (χ4v) is 12.0. The van der Waals surface area contributed by atoms with Gasteiger partial charge in [-0.1, -0.05) is 37.5 Å². The smallest absolute Gasteiger partial charge is 0.254 e. The maximum Gasteiger partial charge on any atom is 0.254 e.